The zero-order valence-corrected chi connectivity index (χ0v) is 16.8. The fourth-order valence-electron chi connectivity index (χ4n) is 2.34. The average molecular weight is 415 g/mol. The quantitative estimate of drug-likeness (QED) is 0.438. The summed E-state index contributed by atoms with van der Waals surface area (Å²) in [6, 6.07) is 11.5. The van der Waals surface area contributed by atoms with Crippen LogP contribution in [0.25, 0.3) is 0 Å². The van der Waals surface area contributed by atoms with Crippen LogP contribution in [-0.2, 0) is 4.79 Å². The minimum atomic E-state index is -0.511. The van der Waals surface area contributed by atoms with E-state index in [1.165, 1.54) is 18.2 Å². The van der Waals surface area contributed by atoms with Crippen molar-refractivity contribution in [3.63, 3.8) is 0 Å². The fraction of sp³-hybridized carbons (Fsp3) is 0.158. The van der Waals surface area contributed by atoms with E-state index in [1.807, 2.05) is 37.4 Å². The van der Waals surface area contributed by atoms with Crippen LogP contribution in [0.5, 0.6) is 5.75 Å². The summed E-state index contributed by atoms with van der Waals surface area (Å²) >= 11 is 3.17. The number of nitrogens with one attached hydrogen (secondary N) is 1. The third-order valence-electron chi connectivity index (χ3n) is 3.67. The van der Waals surface area contributed by atoms with Crippen LogP contribution in [0.1, 0.15) is 11.3 Å². The Bertz CT molecular complexity index is 1020. The molecule has 0 aliphatic rings. The van der Waals surface area contributed by atoms with Crippen LogP contribution >= 0.6 is 23.1 Å². The summed E-state index contributed by atoms with van der Waals surface area (Å²) in [5.41, 5.74) is 2.52. The van der Waals surface area contributed by atoms with Gasteiger partial charge in [-0.25, -0.2) is 4.98 Å². The summed E-state index contributed by atoms with van der Waals surface area (Å²) in [6.07, 6.45) is 0. The molecule has 0 atom stereocenters. The number of benzene rings is 2. The molecule has 1 N–H and O–H groups in total. The average Bonchev–Trinajstić information content (AvgIpc) is 3.07. The Morgan fingerprint density at radius 1 is 1.29 bits per heavy atom. The van der Waals surface area contributed by atoms with Gasteiger partial charge in [0.1, 0.15) is 5.75 Å². The molecule has 0 saturated heterocycles. The number of aryl methyl sites for hydroxylation is 2. The van der Waals surface area contributed by atoms with Crippen molar-refractivity contribution >= 4 is 40.4 Å². The highest BCUT2D eigenvalue weighted by Crippen LogP contribution is 2.32. The number of nitro groups is 1. The minimum Gasteiger partial charge on any atom is -0.484 e. The van der Waals surface area contributed by atoms with Gasteiger partial charge < -0.3 is 10.1 Å². The standard InChI is InChI=1S/C19H17N3O4S2/c1-12-8-16(28-19-20-13(2)11-27-19)6-7-17(12)21-18(23)10-26-15-5-3-4-14(9-15)22(24)25/h3-9,11H,10H2,1-2H3,(H,21,23). The smallest absolute Gasteiger partial charge is 0.273 e. The van der Waals surface area contributed by atoms with Crippen LogP contribution in [0.15, 0.2) is 57.1 Å². The number of thiazole rings is 1. The molecule has 2 aromatic carbocycles. The first-order valence-electron chi connectivity index (χ1n) is 8.28. The molecule has 1 aromatic heterocycles. The number of aromatic nitrogens is 1. The molecule has 1 heterocycles. The van der Waals surface area contributed by atoms with E-state index in [0.29, 0.717) is 5.69 Å². The molecule has 0 aliphatic carbocycles. The van der Waals surface area contributed by atoms with Gasteiger partial charge in [0.15, 0.2) is 10.9 Å². The number of nitro benzene ring substituents is 1. The summed E-state index contributed by atoms with van der Waals surface area (Å²) in [4.78, 5) is 27.9. The van der Waals surface area contributed by atoms with Gasteiger partial charge in [-0.2, -0.15) is 0 Å². The SMILES string of the molecule is Cc1csc(Sc2ccc(NC(=O)COc3cccc([N+](=O)[O-])c3)c(C)c2)n1. The molecular weight excluding hydrogens is 398 g/mol. The molecule has 0 bridgehead atoms. The summed E-state index contributed by atoms with van der Waals surface area (Å²) in [6.45, 7) is 3.63. The predicted octanol–water partition coefficient (Wildman–Crippen LogP) is 4.84. The van der Waals surface area contributed by atoms with Crippen molar-refractivity contribution in [3.8, 4) is 5.75 Å². The molecule has 0 unspecified atom stereocenters. The summed E-state index contributed by atoms with van der Waals surface area (Å²) in [7, 11) is 0. The molecule has 144 valence electrons. The second-order valence-corrected chi connectivity index (χ2v) is 8.10. The van der Waals surface area contributed by atoms with Crippen LogP contribution in [0.3, 0.4) is 0 Å². The molecule has 1 amide bonds. The molecule has 28 heavy (non-hydrogen) atoms. The number of nitrogens with zero attached hydrogens (tertiary/aromatic N) is 2. The summed E-state index contributed by atoms with van der Waals surface area (Å²) < 4.78 is 6.32. The number of anilines is 1. The molecule has 7 nitrogen and oxygen atoms in total. The van der Waals surface area contributed by atoms with Crippen molar-refractivity contribution in [2.45, 2.75) is 23.1 Å². The van der Waals surface area contributed by atoms with Crippen molar-refractivity contribution in [3.05, 3.63) is 69.2 Å². The van der Waals surface area contributed by atoms with Gasteiger partial charge in [-0.05, 0) is 43.7 Å². The molecule has 0 fully saturated rings. The van der Waals surface area contributed by atoms with E-state index < -0.39 is 4.92 Å². The molecule has 3 rings (SSSR count). The number of carbonyl (C=O) groups excluding carboxylic acids is 1. The van der Waals surface area contributed by atoms with Gasteiger partial charge in [-0.15, -0.1) is 11.3 Å². The third-order valence-corrected chi connectivity index (χ3v) is 5.72. The Kier molecular flexibility index (Phi) is 6.27. The first-order chi connectivity index (χ1) is 13.4. The number of non-ortho nitro benzene ring substituents is 1. The van der Waals surface area contributed by atoms with Crippen LogP contribution in [0.4, 0.5) is 11.4 Å². The lowest BCUT2D eigenvalue weighted by molar-refractivity contribution is -0.384. The van der Waals surface area contributed by atoms with E-state index in [2.05, 4.69) is 10.3 Å². The Morgan fingerprint density at radius 2 is 2.11 bits per heavy atom. The molecular formula is C19H17N3O4S2. The zero-order valence-electron chi connectivity index (χ0n) is 15.2. The highest BCUT2D eigenvalue weighted by atomic mass is 32.2. The van der Waals surface area contributed by atoms with Crippen molar-refractivity contribution in [2.24, 2.45) is 0 Å². The zero-order chi connectivity index (χ0) is 20.1. The number of ether oxygens (including phenoxy) is 1. The van der Waals surface area contributed by atoms with E-state index in [9.17, 15) is 14.9 Å². The Labute approximate surface area is 169 Å². The fourth-order valence-corrected chi connectivity index (χ4v) is 4.25. The van der Waals surface area contributed by atoms with Gasteiger partial charge in [0, 0.05) is 27.7 Å². The lowest BCUT2D eigenvalue weighted by atomic mass is 10.2. The van der Waals surface area contributed by atoms with Gasteiger partial charge in [0.25, 0.3) is 11.6 Å². The molecule has 3 aromatic rings. The van der Waals surface area contributed by atoms with Crippen LogP contribution < -0.4 is 10.1 Å². The molecule has 0 spiro atoms. The van der Waals surface area contributed by atoms with Crippen molar-refractivity contribution in [2.75, 3.05) is 11.9 Å². The van der Waals surface area contributed by atoms with Gasteiger partial charge in [0.2, 0.25) is 0 Å². The topological polar surface area (TPSA) is 94.4 Å². The van der Waals surface area contributed by atoms with Crippen LogP contribution in [0.2, 0.25) is 0 Å². The molecule has 0 radical (unpaired) electrons. The summed E-state index contributed by atoms with van der Waals surface area (Å²) in [5.74, 6) is -0.0721. The number of hydrogen-bond acceptors (Lipinski definition) is 7. The van der Waals surface area contributed by atoms with Crippen molar-refractivity contribution in [1.29, 1.82) is 0 Å². The van der Waals surface area contributed by atoms with E-state index >= 15 is 0 Å². The number of hydrogen-bond donors (Lipinski definition) is 1. The van der Waals surface area contributed by atoms with Crippen LogP contribution in [-0.4, -0.2) is 22.4 Å². The van der Waals surface area contributed by atoms with Crippen molar-refractivity contribution < 1.29 is 14.5 Å². The highest BCUT2D eigenvalue weighted by molar-refractivity contribution is 8.01. The number of amides is 1. The maximum atomic E-state index is 12.2. The Hall–Kier alpha value is -2.91. The Balaban J connectivity index is 1.58. The summed E-state index contributed by atoms with van der Waals surface area (Å²) in [5, 5.41) is 15.6. The molecule has 0 saturated carbocycles. The monoisotopic (exact) mass is 415 g/mol. The normalized spacial score (nSPS) is 10.5. The number of rotatable bonds is 7. The van der Waals surface area contributed by atoms with E-state index in [1.54, 1.807) is 29.2 Å². The second kappa shape index (κ2) is 8.85. The molecule has 0 aliphatic heterocycles. The van der Waals surface area contributed by atoms with Gasteiger partial charge in [-0.1, -0.05) is 17.8 Å². The van der Waals surface area contributed by atoms with E-state index in [0.717, 1.165) is 20.5 Å². The third kappa shape index (κ3) is 5.30. The van der Waals surface area contributed by atoms with E-state index in [4.69, 9.17) is 4.74 Å². The van der Waals surface area contributed by atoms with Crippen molar-refractivity contribution in [1.82, 2.24) is 4.98 Å². The molecule has 9 heteroatoms. The largest absolute Gasteiger partial charge is 0.484 e. The first kappa shape index (κ1) is 19.8. The minimum absolute atomic E-state index is 0.0859. The maximum absolute atomic E-state index is 12.2. The highest BCUT2D eigenvalue weighted by Gasteiger charge is 2.10. The number of carbonyl (C=O) groups is 1. The van der Waals surface area contributed by atoms with Gasteiger partial charge in [0.05, 0.1) is 11.0 Å². The Morgan fingerprint density at radius 3 is 2.79 bits per heavy atom. The lowest BCUT2D eigenvalue weighted by Gasteiger charge is -2.10. The first-order valence-corrected chi connectivity index (χ1v) is 9.98. The van der Waals surface area contributed by atoms with E-state index in [-0.39, 0.29) is 24.0 Å². The lowest BCUT2D eigenvalue weighted by Crippen LogP contribution is -2.20. The maximum Gasteiger partial charge on any atom is 0.273 e. The van der Waals surface area contributed by atoms with Gasteiger partial charge in [-0.3, -0.25) is 14.9 Å². The van der Waals surface area contributed by atoms with Gasteiger partial charge >= 0.3 is 0 Å². The van der Waals surface area contributed by atoms with Crippen LogP contribution in [0, 0.1) is 24.0 Å². The second-order valence-electron chi connectivity index (χ2n) is 5.92. The predicted molar refractivity (Wildman–Crippen MR) is 109 cm³/mol.